The van der Waals surface area contributed by atoms with Crippen molar-refractivity contribution in [1.29, 1.82) is 0 Å². The number of carbonyl (C=O) groups excluding carboxylic acids is 1. The van der Waals surface area contributed by atoms with Gasteiger partial charge in [-0.05, 0) is 44.7 Å². The van der Waals surface area contributed by atoms with Gasteiger partial charge in [0.2, 0.25) is 0 Å². The second kappa shape index (κ2) is 3.49. The van der Waals surface area contributed by atoms with Gasteiger partial charge in [-0.25, -0.2) is 0 Å². The molecule has 2 aliphatic rings. The van der Waals surface area contributed by atoms with Crippen LogP contribution in [0, 0.1) is 0 Å². The molecule has 0 radical (unpaired) electrons. The molecule has 0 atom stereocenters. The molecular weight excluding hydrogens is 216 g/mol. The molecule has 1 aromatic carbocycles. The molecule has 1 aromatic rings. The van der Waals surface area contributed by atoms with Crippen LogP contribution in [0.25, 0.3) is 0 Å². The molecule has 0 saturated heterocycles. The van der Waals surface area contributed by atoms with E-state index in [0.717, 1.165) is 41.9 Å². The van der Waals surface area contributed by atoms with Gasteiger partial charge in [0.05, 0.1) is 6.42 Å². The van der Waals surface area contributed by atoms with E-state index in [1.54, 1.807) is 0 Å². The van der Waals surface area contributed by atoms with E-state index in [2.05, 4.69) is 13.8 Å². The van der Waals surface area contributed by atoms with Gasteiger partial charge in [-0.1, -0.05) is 6.07 Å². The van der Waals surface area contributed by atoms with Crippen LogP contribution >= 0.6 is 0 Å². The highest BCUT2D eigenvalue weighted by molar-refractivity contribution is 5.76. The summed E-state index contributed by atoms with van der Waals surface area (Å²) in [5.41, 5.74) is 2.07. The molecule has 0 unspecified atom stereocenters. The van der Waals surface area contributed by atoms with Gasteiger partial charge in [0.25, 0.3) is 0 Å². The molecule has 0 amide bonds. The van der Waals surface area contributed by atoms with E-state index < -0.39 is 0 Å². The lowest BCUT2D eigenvalue weighted by atomic mass is 9.91. The summed E-state index contributed by atoms with van der Waals surface area (Å²) in [5.74, 6) is 1.50. The average Bonchev–Trinajstić information content (AvgIpc) is 2.27. The molecule has 0 N–H and O–H groups in total. The van der Waals surface area contributed by atoms with Gasteiger partial charge in [-0.15, -0.1) is 0 Å². The predicted molar refractivity (Wildman–Crippen MR) is 63.4 cm³/mol. The van der Waals surface area contributed by atoms with E-state index >= 15 is 0 Å². The summed E-state index contributed by atoms with van der Waals surface area (Å²) < 4.78 is 11.3. The molecule has 3 nitrogen and oxygen atoms in total. The van der Waals surface area contributed by atoms with Crippen LogP contribution in [-0.4, -0.2) is 11.6 Å². The Hall–Kier alpha value is -1.51. The summed E-state index contributed by atoms with van der Waals surface area (Å²) >= 11 is 0. The lowest BCUT2D eigenvalue weighted by Gasteiger charge is -2.34. The standard InChI is InChI=1S/C14H16O3/c1-14(2)8-7-10-11(17-14)5-3-9-4-6-12(15)16-13(9)10/h3,5H,4,6-8H2,1-2H3. The Labute approximate surface area is 101 Å². The molecule has 0 aromatic heterocycles. The molecule has 0 fully saturated rings. The summed E-state index contributed by atoms with van der Waals surface area (Å²) in [6.07, 6.45) is 3.13. The first-order chi connectivity index (χ1) is 8.05. The topological polar surface area (TPSA) is 35.5 Å². The van der Waals surface area contributed by atoms with Crippen molar-refractivity contribution < 1.29 is 14.3 Å². The summed E-state index contributed by atoms with van der Waals surface area (Å²) in [7, 11) is 0. The number of aryl methyl sites for hydroxylation is 1. The Morgan fingerprint density at radius 2 is 2.00 bits per heavy atom. The molecule has 3 rings (SSSR count). The molecule has 0 saturated carbocycles. The van der Waals surface area contributed by atoms with Crippen LogP contribution in [0.3, 0.4) is 0 Å². The van der Waals surface area contributed by atoms with Crippen LogP contribution in [0.5, 0.6) is 11.5 Å². The van der Waals surface area contributed by atoms with Crippen molar-refractivity contribution in [2.45, 2.75) is 45.1 Å². The lowest BCUT2D eigenvalue weighted by Crippen LogP contribution is -2.33. The largest absolute Gasteiger partial charge is 0.487 e. The van der Waals surface area contributed by atoms with E-state index in [9.17, 15) is 4.79 Å². The fourth-order valence-electron chi connectivity index (χ4n) is 2.49. The molecule has 0 spiro atoms. The third-order valence-corrected chi connectivity index (χ3v) is 3.48. The van der Waals surface area contributed by atoms with E-state index in [0.29, 0.717) is 6.42 Å². The number of ether oxygens (including phenoxy) is 2. The van der Waals surface area contributed by atoms with Crippen molar-refractivity contribution in [3.8, 4) is 11.5 Å². The summed E-state index contributed by atoms with van der Waals surface area (Å²) in [5, 5.41) is 0. The summed E-state index contributed by atoms with van der Waals surface area (Å²) in [6.45, 7) is 4.17. The first-order valence-electron chi connectivity index (χ1n) is 6.10. The van der Waals surface area contributed by atoms with Gasteiger partial charge < -0.3 is 9.47 Å². The first-order valence-corrected chi connectivity index (χ1v) is 6.10. The highest BCUT2D eigenvalue weighted by Gasteiger charge is 2.31. The van der Waals surface area contributed by atoms with E-state index in [1.807, 2.05) is 12.1 Å². The number of benzene rings is 1. The maximum Gasteiger partial charge on any atom is 0.311 e. The number of esters is 1. The van der Waals surface area contributed by atoms with Crippen molar-refractivity contribution >= 4 is 5.97 Å². The van der Waals surface area contributed by atoms with Gasteiger partial charge in [0, 0.05) is 5.56 Å². The minimum Gasteiger partial charge on any atom is -0.487 e. The SMILES string of the molecule is CC1(C)CCc2c(ccc3c2OC(=O)CC3)O1. The normalized spacial score (nSPS) is 20.9. The van der Waals surface area contributed by atoms with Crippen molar-refractivity contribution in [2.75, 3.05) is 0 Å². The van der Waals surface area contributed by atoms with Crippen molar-refractivity contribution in [1.82, 2.24) is 0 Å². The van der Waals surface area contributed by atoms with Crippen LogP contribution in [0.4, 0.5) is 0 Å². The molecule has 0 aliphatic carbocycles. The minimum absolute atomic E-state index is 0.125. The second-order valence-corrected chi connectivity index (χ2v) is 5.37. The smallest absolute Gasteiger partial charge is 0.311 e. The number of fused-ring (bicyclic) bond motifs is 3. The summed E-state index contributed by atoms with van der Waals surface area (Å²) in [6, 6.07) is 4.02. The van der Waals surface area contributed by atoms with Gasteiger partial charge >= 0.3 is 5.97 Å². The molecule has 3 heteroatoms. The van der Waals surface area contributed by atoms with Crippen molar-refractivity contribution in [3.63, 3.8) is 0 Å². The maximum atomic E-state index is 11.4. The molecular formula is C14H16O3. The van der Waals surface area contributed by atoms with Crippen LogP contribution in [-0.2, 0) is 17.6 Å². The zero-order valence-electron chi connectivity index (χ0n) is 10.2. The van der Waals surface area contributed by atoms with Crippen molar-refractivity contribution in [2.24, 2.45) is 0 Å². The van der Waals surface area contributed by atoms with E-state index in [4.69, 9.17) is 9.47 Å². The van der Waals surface area contributed by atoms with E-state index in [1.165, 1.54) is 0 Å². The van der Waals surface area contributed by atoms with Crippen LogP contribution in [0.15, 0.2) is 12.1 Å². The average molecular weight is 232 g/mol. The Morgan fingerprint density at radius 1 is 1.18 bits per heavy atom. The third-order valence-electron chi connectivity index (χ3n) is 3.48. The second-order valence-electron chi connectivity index (χ2n) is 5.37. The highest BCUT2D eigenvalue weighted by Crippen LogP contribution is 2.41. The molecule has 2 aliphatic heterocycles. The lowest BCUT2D eigenvalue weighted by molar-refractivity contribution is -0.135. The predicted octanol–water partition coefficient (Wildman–Crippen LogP) is 2.64. The molecule has 0 bridgehead atoms. The van der Waals surface area contributed by atoms with Crippen LogP contribution in [0.2, 0.25) is 0 Å². The third kappa shape index (κ3) is 1.79. The zero-order chi connectivity index (χ0) is 12.0. The Balaban J connectivity index is 2.07. The van der Waals surface area contributed by atoms with Crippen molar-refractivity contribution in [3.05, 3.63) is 23.3 Å². The maximum absolute atomic E-state index is 11.4. The Morgan fingerprint density at radius 3 is 2.82 bits per heavy atom. The van der Waals surface area contributed by atoms with Gasteiger partial charge in [-0.2, -0.15) is 0 Å². The number of carbonyl (C=O) groups is 1. The number of rotatable bonds is 0. The quantitative estimate of drug-likeness (QED) is 0.509. The van der Waals surface area contributed by atoms with Gasteiger partial charge in [0.15, 0.2) is 0 Å². The minimum atomic E-state index is -0.129. The first kappa shape index (κ1) is 10.6. The van der Waals surface area contributed by atoms with Crippen LogP contribution in [0.1, 0.15) is 37.8 Å². The number of hydrogen-bond acceptors (Lipinski definition) is 3. The monoisotopic (exact) mass is 232 g/mol. The van der Waals surface area contributed by atoms with Gasteiger partial charge in [-0.3, -0.25) is 4.79 Å². The van der Waals surface area contributed by atoms with Gasteiger partial charge in [0.1, 0.15) is 17.1 Å². The molecule has 17 heavy (non-hydrogen) atoms. The molecule has 2 heterocycles. The Bertz CT molecular complexity index is 488. The van der Waals surface area contributed by atoms with Crippen LogP contribution < -0.4 is 9.47 Å². The number of hydrogen-bond donors (Lipinski definition) is 0. The fourth-order valence-corrected chi connectivity index (χ4v) is 2.49. The summed E-state index contributed by atoms with van der Waals surface area (Å²) in [4.78, 5) is 11.4. The fraction of sp³-hybridized carbons (Fsp3) is 0.500. The Kier molecular flexibility index (Phi) is 2.18. The van der Waals surface area contributed by atoms with E-state index in [-0.39, 0.29) is 11.6 Å². The highest BCUT2D eigenvalue weighted by atomic mass is 16.5. The zero-order valence-corrected chi connectivity index (χ0v) is 10.2. The molecule has 90 valence electrons.